The van der Waals surface area contributed by atoms with E-state index in [0.29, 0.717) is 0 Å². The minimum atomic E-state index is -1.75. The van der Waals surface area contributed by atoms with E-state index >= 15 is 0 Å². The maximum atomic E-state index is 8.25. The summed E-state index contributed by atoms with van der Waals surface area (Å²) in [6, 6.07) is 0. The molecule has 0 saturated carbocycles. The molecule has 2 N–H and O–H groups in total. The van der Waals surface area contributed by atoms with Crippen molar-refractivity contribution in [3.8, 4) is 0 Å². The third-order valence-electron chi connectivity index (χ3n) is 0. The van der Waals surface area contributed by atoms with Crippen LogP contribution in [0.3, 0.4) is 0 Å². The van der Waals surface area contributed by atoms with E-state index in [4.69, 9.17) is 30.6 Å². The Morgan fingerprint density at radius 1 is 0.800 bits per heavy atom. The third kappa shape index (κ3) is 81000. The first-order chi connectivity index (χ1) is 3.46. The van der Waals surface area contributed by atoms with Crippen molar-refractivity contribution in [2.24, 2.45) is 0 Å². The Hall–Kier alpha value is -0.0686. The van der Waals surface area contributed by atoms with Crippen molar-refractivity contribution in [2.75, 3.05) is 0 Å². The zero-order valence-corrected chi connectivity index (χ0v) is 8.99. The first-order valence-electron chi connectivity index (χ1n) is 1.10. The van der Waals surface area contributed by atoms with E-state index in [0.717, 1.165) is 0 Å². The molecule has 10 heteroatoms. The van der Waals surface area contributed by atoms with Gasteiger partial charge in [-0.3, -0.25) is 0 Å². The molecule has 0 aliphatic rings. The smallest absolute Gasteiger partial charge is 0.412 e. The van der Waals surface area contributed by atoms with E-state index in [1.807, 2.05) is 0 Å². The molecule has 0 unspecified atom stereocenters. The summed E-state index contributed by atoms with van der Waals surface area (Å²) in [5, 5.41) is 29.5. The molecule has 0 bridgehead atoms. The van der Waals surface area contributed by atoms with Gasteiger partial charge >= 0.3 is 48.9 Å². The van der Waals surface area contributed by atoms with Crippen molar-refractivity contribution >= 4 is 48.9 Å². The zero-order valence-electron chi connectivity index (χ0n) is 4.55. The monoisotopic (exact) mass is 280 g/mol. The molecule has 0 aromatic rings. The standard InChI is InChI=1S/Ba.2NO3.H2O/c;2*2-1(3)4;/h;;;1H2/q+2;2*-1;. The zero-order chi connectivity index (χ0) is 7.15. The predicted octanol–water partition coefficient (Wildman–Crippen LogP) is -1.68. The molecule has 0 heterocycles. The van der Waals surface area contributed by atoms with Gasteiger partial charge in [0.15, 0.2) is 0 Å². The van der Waals surface area contributed by atoms with Gasteiger partial charge in [0.25, 0.3) is 0 Å². The van der Waals surface area contributed by atoms with Gasteiger partial charge in [0.05, 0.1) is 10.2 Å². The van der Waals surface area contributed by atoms with Crippen LogP contribution >= 0.6 is 0 Å². The van der Waals surface area contributed by atoms with Crippen LogP contribution in [0.4, 0.5) is 0 Å². The van der Waals surface area contributed by atoms with Crippen molar-refractivity contribution in [1.29, 1.82) is 0 Å². The van der Waals surface area contributed by atoms with Crippen molar-refractivity contribution < 1.29 is 15.6 Å². The van der Waals surface area contributed by atoms with Gasteiger partial charge in [-0.1, -0.05) is 0 Å². The molecule has 0 saturated heterocycles. The predicted molar refractivity (Wildman–Crippen MR) is 30.1 cm³/mol. The second-order valence-electron chi connectivity index (χ2n) is 0.447. The van der Waals surface area contributed by atoms with E-state index in [-0.39, 0.29) is 54.4 Å². The molecule has 0 radical (unpaired) electrons. The van der Waals surface area contributed by atoms with Gasteiger partial charge < -0.3 is 36.1 Å². The van der Waals surface area contributed by atoms with Crippen LogP contribution in [0, 0.1) is 30.6 Å². The van der Waals surface area contributed by atoms with Crippen molar-refractivity contribution in [3.63, 3.8) is 0 Å². The van der Waals surface area contributed by atoms with Crippen LogP contribution in [0.2, 0.25) is 0 Å². The number of hydrogen-bond acceptors (Lipinski definition) is 6. The van der Waals surface area contributed by atoms with Crippen molar-refractivity contribution in [1.82, 2.24) is 0 Å². The Labute approximate surface area is 94.2 Å². The van der Waals surface area contributed by atoms with E-state index in [9.17, 15) is 0 Å². The van der Waals surface area contributed by atoms with Crippen LogP contribution in [-0.4, -0.2) is 64.5 Å². The van der Waals surface area contributed by atoms with Gasteiger partial charge in [-0.25, -0.2) is 0 Å². The maximum absolute atomic E-state index is 8.25. The summed E-state index contributed by atoms with van der Waals surface area (Å²) in [6.07, 6.45) is 0. The Morgan fingerprint density at radius 3 is 0.800 bits per heavy atom. The molecule has 0 amide bonds. The van der Waals surface area contributed by atoms with Crippen LogP contribution in [0.5, 0.6) is 0 Å². The molecular weight excluding hydrogens is 277 g/mol. The second kappa shape index (κ2) is 16.0. The molecule has 56 valence electrons. The summed E-state index contributed by atoms with van der Waals surface area (Å²) in [6.45, 7) is 0. The molecule has 0 aromatic carbocycles. The maximum Gasteiger partial charge on any atom is 2.00 e. The fraction of sp³-hybridized carbons (Fsp3) is 0. The normalized spacial score (nSPS) is 4.80. The van der Waals surface area contributed by atoms with Gasteiger partial charge in [0.2, 0.25) is 0 Å². The molecule has 0 aliphatic heterocycles. The topological polar surface area (TPSA) is 164 Å². The largest absolute Gasteiger partial charge is 2.00 e. The number of nitrogens with zero attached hydrogens (tertiary/aromatic N) is 2. The van der Waals surface area contributed by atoms with Crippen LogP contribution in [-0.2, 0) is 0 Å². The third-order valence-corrected chi connectivity index (χ3v) is 0. The van der Waals surface area contributed by atoms with Crippen LogP contribution < -0.4 is 0 Å². The minimum Gasteiger partial charge on any atom is -0.412 e. The van der Waals surface area contributed by atoms with Crippen molar-refractivity contribution in [3.05, 3.63) is 30.6 Å². The summed E-state index contributed by atoms with van der Waals surface area (Å²) in [4.78, 5) is 16.5. The molecule has 0 atom stereocenters. The van der Waals surface area contributed by atoms with Gasteiger partial charge in [-0.2, -0.15) is 0 Å². The SMILES string of the molecule is O.O=[N+]([O-])[O-].O=[N+]([O-])[O-].[Ba+2]. The van der Waals surface area contributed by atoms with Crippen LogP contribution in [0.1, 0.15) is 0 Å². The summed E-state index contributed by atoms with van der Waals surface area (Å²) < 4.78 is 0. The van der Waals surface area contributed by atoms with Crippen molar-refractivity contribution in [2.45, 2.75) is 0 Å². The van der Waals surface area contributed by atoms with Gasteiger partial charge in [0.1, 0.15) is 0 Å². The molecule has 0 rings (SSSR count). The Kier molecular flexibility index (Phi) is 36.0. The fourth-order valence-electron chi connectivity index (χ4n) is 0. The summed E-state index contributed by atoms with van der Waals surface area (Å²) in [7, 11) is 0. The quantitative estimate of drug-likeness (QED) is 0.291. The van der Waals surface area contributed by atoms with Gasteiger partial charge in [-0.05, 0) is 0 Å². The first-order valence-corrected chi connectivity index (χ1v) is 1.10. The minimum absolute atomic E-state index is 0. The Bertz CT molecular complexity index is 69.6. The molecular formula is H2BaN2O7. The fourth-order valence-corrected chi connectivity index (χ4v) is 0. The molecule has 0 aromatic heterocycles. The Balaban J connectivity index is -0.0000000300. The summed E-state index contributed by atoms with van der Waals surface area (Å²) in [5.74, 6) is 0. The molecule has 10 heavy (non-hydrogen) atoms. The summed E-state index contributed by atoms with van der Waals surface area (Å²) in [5.41, 5.74) is 0. The van der Waals surface area contributed by atoms with E-state index < -0.39 is 10.2 Å². The number of rotatable bonds is 0. The number of hydrogen-bond donors (Lipinski definition) is 0. The molecule has 0 aliphatic carbocycles. The average molecular weight is 279 g/mol. The first kappa shape index (κ1) is 22.5. The van der Waals surface area contributed by atoms with Crippen LogP contribution in [0.25, 0.3) is 0 Å². The van der Waals surface area contributed by atoms with Gasteiger partial charge in [0, 0.05) is 0 Å². The van der Waals surface area contributed by atoms with Gasteiger partial charge in [-0.15, -0.1) is 0 Å². The summed E-state index contributed by atoms with van der Waals surface area (Å²) >= 11 is 0. The molecule has 0 spiro atoms. The van der Waals surface area contributed by atoms with E-state index in [1.54, 1.807) is 0 Å². The van der Waals surface area contributed by atoms with E-state index in [1.165, 1.54) is 0 Å². The van der Waals surface area contributed by atoms with Crippen LogP contribution in [0.15, 0.2) is 0 Å². The average Bonchev–Trinajstić information content (AvgIpc) is 1.25. The Morgan fingerprint density at radius 2 is 0.800 bits per heavy atom. The van der Waals surface area contributed by atoms with E-state index in [2.05, 4.69) is 0 Å². The second-order valence-corrected chi connectivity index (χ2v) is 0.447. The molecule has 9 nitrogen and oxygen atoms in total. The molecule has 0 fully saturated rings.